The highest BCUT2D eigenvalue weighted by Gasteiger charge is 2.03. The average Bonchev–Trinajstić information content (AvgIpc) is 2.37. The van der Waals surface area contributed by atoms with Gasteiger partial charge in [0, 0.05) is 29.2 Å². The molecule has 0 heterocycles. The molecule has 0 aromatic heterocycles. The molecule has 4 nitrogen and oxygen atoms in total. The molecule has 2 aromatic carbocycles. The molecule has 0 aliphatic heterocycles. The van der Waals surface area contributed by atoms with E-state index in [0.717, 1.165) is 17.1 Å². The Morgan fingerprint density at radius 2 is 1.95 bits per heavy atom. The molecule has 20 heavy (non-hydrogen) atoms. The van der Waals surface area contributed by atoms with Crippen molar-refractivity contribution >= 4 is 17.1 Å². The van der Waals surface area contributed by atoms with E-state index in [1.54, 1.807) is 18.2 Å². The minimum Gasteiger partial charge on any atom is -0.491 e. The zero-order valence-corrected chi connectivity index (χ0v) is 11.6. The van der Waals surface area contributed by atoms with Gasteiger partial charge < -0.3 is 15.8 Å². The molecule has 0 atom stereocenters. The number of nitrogens with two attached hydrogens (primary N) is 1. The first-order valence-electron chi connectivity index (χ1n) is 6.41. The van der Waals surface area contributed by atoms with Gasteiger partial charge in [0.15, 0.2) is 0 Å². The lowest BCUT2D eigenvalue weighted by Crippen LogP contribution is -2.06. The molecule has 0 bridgehead atoms. The van der Waals surface area contributed by atoms with Crippen molar-refractivity contribution in [1.82, 2.24) is 0 Å². The van der Waals surface area contributed by atoms with Crippen LogP contribution in [0.5, 0.6) is 5.75 Å². The van der Waals surface area contributed by atoms with E-state index < -0.39 is 0 Å². The Morgan fingerprint density at radius 3 is 2.65 bits per heavy atom. The lowest BCUT2D eigenvalue weighted by Gasteiger charge is -2.13. The van der Waals surface area contributed by atoms with Gasteiger partial charge in [-0.25, -0.2) is 0 Å². The minimum absolute atomic E-state index is 0.0894. The van der Waals surface area contributed by atoms with E-state index in [0.29, 0.717) is 11.3 Å². The molecule has 0 fully saturated rings. The summed E-state index contributed by atoms with van der Waals surface area (Å²) in [5.41, 5.74) is 8.78. The molecule has 0 saturated heterocycles. The normalized spacial score (nSPS) is 10.1. The number of nitrogens with zero attached hydrogens (tertiary/aromatic N) is 1. The monoisotopic (exact) mass is 267 g/mol. The maximum Gasteiger partial charge on any atom is 0.123 e. The third-order valence-corrected chi connectivity index (χ3v) is 2.58. The van der Waals surface area contributed by atoms with Crippen LogP contribution in [0.25, 0.3) is 0 Å². The molecule has 0 unspecified atom stereocenters. The first-order chi connectivity index (χ1) is 9.56. The number of rotatable bonds is 4. The number of hydrogen-bond acceptors (Lipinski definition) is 4. The topological polar surface area (TPSA) is 71.1 Å². The van der Waals surface area contributed by atoms with Crippen LogP contribution in [0.1, 0.15) is 19.4 Å². The van der Waals surface area contributed by atoms with Crippen molar-refractivity contribution in [3.8, 4) is 11.8 Å². The van der Waals surface area contributed by atoms with Gasteiger partial charge in [-0.1, -0.05) is 6.07 Å². The predicted molar refractivity (Wildman–Crippen MR) is 81.1 cm³/mol. The summed E-state index contributed by atoms with van der Waals surface area (Å²) in [6.07, 6.45) is 0.0894. The van der Waals surface area contributed by atoms with E-state index in [2.05, 4.69) is 11.4 Å². The van der Waals surface area contributed by atoms with Crippen LogP contribution in [0.2, 0.25) is 0 Å². The van der Waals surface area contributed by atoms with Crippen molar-refractivity contribution in [3.63, 3.8) is 0 Å². The van der Waals surface area contributed by atoms with Gasteiger partial charge >= 0.3 is 0 Å². The van der Waals surface area contributed by atoms with E-state index in [4.69, 9.17) is 15.7 Å². The Balaban J connectivity index is 2.24. The van der Waals surface area contributed by atoms with Crippen LogP contribution < -0.4 is 15.8 Å². The third-order valence-electron chi connectivity index (χ3n) is 2.58. The molecule has 4 heteroatoms. The fourth-order valence-corrected chi connectivity index (χ4v) is 1.87. The van der Waals surface area contributed by atoms with Gasteiger partial charge in [0.2, 0.25) is 0 Å². The van der Waals surface area contributed by atoms with Crippen molar-refractivity contribution in [2.24, 2.45) is 0 Å². The van der Waals surface area contributed by atoms with Crippen molar-refractivity contribution < 1.29 is 4.74 Å². The molecule has 0 radical (unpaired) electrons. The smallest absolute Gasteiger partial charge is 0.123 e. The average molecular weight is 267 g/mol. The molecule has 2 rings (SSSR count). The lowest BCUT2D eigenvalue weighted by atomic mass is 10.2. The van der Waals surface area contributed by atoms with Gasteiger partial charge in [-0.2, -0.15) is 5.26 Å². The van der Waals surface area contributed by atoms with Crippen LogP contribution in [0, 0.1) is 11.3 Å². The van der Waals surface area contributed by atoms with E-state index in [1.165, 1.54) is 0 Å². The third kappa shape index (κ3) is 3.66. The van der Waals surface area contributed by atoms with Crippen molar-refractivity contribution in [2.45, 2.75) is 20.0 Å². The maximum absolute atomic E-state index is 8.90. The molecule has 0 amide bonds. The van der Waals surface area contributed by atoms with E-state index in [-0.39, 0.29) is 6.10 Å². The number of ether oxygens (including phenoxy) is 1. The Bertz CT molecular complexity index is 644. The molecule has 102 valence electrons. The zero-order chi connectivity index (χ0) is 14.5. The van der Waals surface area contributed by atoms with Gasteiger partial charge in [0.25, 0.3) is 0 Å². The molecule has 3 N–H and O–H groups in total. The first-order valence-corrected chi connectivity index (χ1v) is 6.41. The summed E-state index contributed by atoms with van der Waals surface area (Å²) in [7, 11) is 0. The summed E-state index contributed by atoms with van der Waals surface area (Å²) >= 11 is 0. The van der Waals surface area contributed by atoms with E-state index in [9.17, 15) is 0 Å². The second kappa shape index (κ2) is 5.98. The van der Waals surface area contributed by atoms with Crippen molar-refractivity contribution in [1.29, 1.82) is 5.26 Å². The fraction of sp³-hybridized carbons (Fsp3) is 0.188. The summed E-state index contributed by atoms with van der Waals surface area (Å²) in [4.78, 5) is 0. The Kier molecular flexibility index (Phi) is 4.11. The zero-order valence-electron chi connectivity index (χ0n) is 11.6. The Morgan fingerprint density at radius 1 is 1.15 bits per heavy atom. The molecule has 0 spiro atoms. The molecule has 0 aliphatic carbocycles. The molecule has 0 saturated carbocycles. The fourth-order valence-electron chi connectivity index (χ4n) is 1.87. The number of nitrogen functional groups attached to an aromatic ring is 1. The second-order valence-electron chi connectivity index (χ2n) is 4.77. The summed E-state index contributed by atoms with van der Waals surface area (Å²) in [6, 6.07) is 14.9. The van der Waals surface area contributed by atoms with Crippen LogP contribution in [-0.4, -0.2) is 6.10 Å². The Labute approximate surface area is 118 Å². The van der Waals surface area contributed by atoms with E-state index >= 15 is 0 Å². The molecular weight excluding hydrogens is 250 g/mol. The SMILES string of the molecule is CC(C)Oc1cc(N)cc(Nc2cccc(C#N)c2)c1. The van der Waals surface area contributed by atoms with E-state index in [1.807, 2.05) is 38.1 Å². The first kappa shape index (κ1) is 13.8. The maximum atomic E-state index is 8.90. The highest BCUT2D eigenvalue weighted by atomic mass is 16.5. The minimum atomic E-state index is 0.0894. The molecular formula is C16H17N3O. The summed E-state index contributed by atoms with van der Waals surface area (Å²) in [5.74, 6) is 0.721. The number of nitrogens with one attached hydrogen (secondary N) is 1. The van der Waals surface area contributed by atoms with Crippen molar-refractivity contribution in [3.05, 3.63) is 48.0 Å². The van der Waals surface area contributed by atoms with Gasteiger partial charge in [0.05, 0.1) is 17.7 Å². The van der Waals surface area contributed by atoms with Crippen LogP contribution in [0.4, 0.5) is 17.1 Å². The number of benzene rings is 2. The number of anilines is 3. The molecule has 2 aromatic rings. The highest BCUT2D eigenvalue weighted by Crippen LogP contribution is 2.26. The highest BCUT2D eigenvalue weighted by molar-refractivity contribution is 5.67. The second-order valence-corrected chi connectivity index (χ2v) is 4.77. The van der Waals surface area contributed by atoms with Crippen LogP contribution in [0.3, 0.4) is 0 Å². The Hall–Kier alpha value is -2.67. The summed E-state index contributed by atoms with van der Waals surface area (Å²) in [6.45, 7) is 3.93. The van der Waals surface area contributed by atoms with Crippen LogP contribution >= 0.6 is 0 Å². The van der Waals surface area contributed by atoms with Gasteiger partial charge in [-0.05, 0) is 38.1 Å². The van der Waals surface area contributed by atoms with Crippen LogP contribution in [0.15, 0.2) is 42.5 Å². The molecule has 0 aliphatic rings. The van der Waals surface area contributed by atoms with Crippen LogP contribution in [-0.2, 0) is 0 Å². The number of hydrogen-bond donors (Lipinski definition) is 2. The largest absolute Gasteiger partial charge is 0.491 e. The van der Waals surface area contributed by atoms with Gasteiger partial charge in [0.1, 0.15) is 5.75 Å². The van der Waals surface area contributed by atoms with Crippen molar-refractivity contribution in [2.75, 3.05) is 11.1 Å². The quantitative estimate of drug-likeness (QED) is 0.829. The summed E-state index contributed by atoms with van der Waals surface area (Å²) < 4.78 is 5.65. The number of nitriles is 1. The predicted octanol–water partition coefficient (Wildman–Crippen LogP) is 3.67. The lowest BCUT2D eigenvalue weighted by molar-refractivity contribution is 0.242. The van der Waals surface area contributed by atoms with Gasteiger partial charge in [-0.3, -0.25) is 0 Å². The van der Waals surface area contributed by atoms with Gasteiger partial charge in [-0.15, -0.1) is 0 Å². The summed E-state index contributed by atoms with van der Waals surface area (Å²) in [5, 5.41) is 12.1. The standard InChI is InChI=1S/C16H17N3O/c1-11(2)20-16-8-13(18)7-15(9-16)19-14-5-3-4-12(6-14)10-17/h3-9,11,19H,18H2,1-2H3.